The molecule has 0 spiro atoms. The van der Waals surface area contributed by atoms with Crippen LogP contribution < -0.4 is 5.56 Å². The van der Waals surface area contributed by atoms with E-state index in [1.165, 1.54) is 16.0 Å². The van der Waals surface area contributed by atoms with Crippen molar-refractivity contribution < 1.29 is 14.6 Å². The molecule has 122 valence electrons. The number of ether oxygens (including phenoxy) is 1. The van der Waals surface area contributed by atoms with Crippen LogP contribution in [0.15, 0.2) is 16.4 Å². The van der Waals surface area contributed by atoms with Gasteiger partial charge in [0.1, 0.15) is 5.01 Å². The van der Waals surface area contributed by atoms with Crippen molar-refractivity contribution in [2.75, 3.05) is 6.61 Å². The molecule has 0 aliphatic heterocycles. The largest absolute Gasteiger partial charge is 0.505 e. The summed E-state index contributed by atoms with van der Waals surface area (Å²) in [6.07, 6.45) is 4.79. The smallest absolute Gasteiger partial charge is 0.347 e. The fraction of sp³-hybridized carbons (Fsp3) is 0.467. The van der Waals surface area contributed by atoms with Crippen LogP contribution in [0.2, 0.25) is 0 Å². The van der Waals surface area contributed by atoms with Crippen LogP contribution in [-0.4, -0.2) is 32.4 Å². The number of esters is 1. The molecular weight excluding hydrogens is 318 g/mol. The molecule has 1 fully saturated rings. The number of carbonyl (C=O) groups is 1. The van der Waals surface area contributed by atoms with Crippen LogP contribution in [-0.2, 0) is 11.3 Å². The number of hydrogen-bond acceptors (Lipinski definition) is 7. The van der Waals surface area contributed by atoms with Crippen LogP contribution in [0.1, 0.15) is 36.5 Å². The van der Waals surface area contributed by atoms with Gasteiger partial charge in [-0.25, -0.2) is 14.5 Å². The number of aromatic hydroxyl groups is 1. The van der Waals surface area contributed by atoms with Gasteiger partial charge in [-0.3, -0.25) is 4.79 Å². The topological polar surface area (TPSA) is 94.3 Å². The van der Waals surface area contributed by atoms with Gasteiger partial charge in [-0.2, -0.15) is 5.10 Å². The third-order valence-corrected chi connectivity index (χ3v) is 4.68. The van der Waals surface area contributed by atoms with E-state index < -0.39 is 17.3 Å². The highest BCUT2D eigenvalue weighted by Gasteiger charge is 2.27. The van der Waals surface area contributed by atoms with Gasteiger partial charge in [0, 0.05) is 18.1 Å². The summed E-state index contributed by atoms with van der Waals surface area (Å²) in [5.41, 5.74) is -0.846. The quantitative estimate of drug-likeness (QED) is 0.840. The Balaban J connectivity index is 2.12. The molecule has 1 saturated carbocycles. The second-order valence-electron chi connectivity index (χ2n) is 5.41. The number of thiazole rings is 1. The molecule has 1 aliphatic carbocycles. The highest BCUT2D eigenvalue weighted by molar-refractivity contribution is 7.13. The lowest BCUT2D eigenvalue weighted by Crippen LogP contribution is -2.33. The standard InChI is InChI=1S/C15H17N3O4S/c1-2-22-15(21)10-12(19)11(13-16-6-7-23-13)17-18(14(10)20)8-9-4-3-5-9/h6-7,9,19H,2-5,8H2,1H3. The molecule has 2 aromatic rings. The third kappa shape index (κ3) is 2.98. The maximum absolute atomic E-state index is 12.5. The van der Waals surface area contributed by atoms with Crippen LogP contribution in [0.5, 0.6) is 5.75 Å². The molecular formula is C15H17N3O4S. The van der Waals surface area contributed by atoms with Gasteiger partial charge >= 0.3 is 5.97 Å². The Labute approximate surface area is 136 Å². The number of aromatic nitrogens is 3. The van der Waals surface area contributed by atoms with E-state index in [2.05, 4.69) is 10.1 Å². The van der Waals surface area contributed by atoms with Crippen LogP contribution in [0, 0.1) is 5.92 Å². The van der Waals surface area contributed by atoms with E-state index in [1.54, 1.807) is 18.5 Å². The van der Waals surface area contributed by atoms with Crippen molar-refractivity contribution in [3.63, 3.8) is 0 Å². The van der Waals surface area contributed by atoms with E-state index in [4.69, 9.17) is 4.74 Å². The Morgan fingerprint density at radius 2 is 2.30 bits per heavy atom. The Kier molecular flexibility index (Phi) is 4.42. The average Bonchev–Trinajstić information content (AvgIpc) is 2.99. The van der Waals surface area contributed by atoms with Crippen molar-refractivity contribution in [2.24, 2.45) is 5.92 Å². The lowest BCUT2D eigenvalue weighted by molar-refractivity contribution is 0.0519. The first-order valence-corrected chi connectivity index (χ1v) is 8.40. The molecule has 2 heterocycles. The minimum Gasteiger partial charge on any atom is -0.505 e. The van der Waals surface area contributed by atoms with Gasteiger partial charge in [0.15, 0.2) is 17.0 Å². The summed E-state index contributed by atoms with van der Waals surface area (Å²) in [4.78, 5) is 28.7. The number of rotatable bonds is 5. The summed E-state index contributed by atoms with van der Waals surface area (Å²) < 4.78 is 6.16. The molecule has 0 aromatic carbocycles. The Morgan fingerprint density at radius 1 is 1.52 bits per heavy atom. The van der Waals surface area contributed by atoms with Crippen LogP contribution in [0.4, 0.5) is 0 Å². The zero-order valence-electron chi connectivity index (χ0n) is 12.7. The summed E-state index contributed by atoms with van der Waals surface area (Å²) >= 11 is 1.28. The van der Waals surface area contributed by atoms with Crippen molar-refractivity contribution >= 4 is 17.3 Å². The van der Waals surface area contributed by atoms with E-state index in [0.29, 0.717) is 17.5 Å². The number of carbonyl (C=O) groups excluding carboxylic acids is 1. The average molecular weight is 335 g/mol. The lowest BCUT2D eigenvalue weighted by Gasteiger charge is -2.25. The van der Waals surface area contributed by atoms with Gasteiger partial charge in [-0.05, 0) is 25.7 Å². The zero-order valence-corrected chi connectivity index (χ0v) is 13.5. The molecule has 1 N–H and O–H groups in total. The highest BCUT2D eigenvalue weighted by Crippen LogP contribution is 2.31. The summed E-state index contributed by atoms with van der Waals surface area (Å²) in [6, 6.07) is 0. The van der Waals surface area contributed by atoms with Gasteiger partial charge in [-0.1, -0.05) is 6.42 Å². The lowest BCUT2D eigenvalue weighted by atomic mass is 9.85. The van der Waals surface area contributed by atoms with Gasteiger partial charge < -0.3 is 9.84 Å². The summed E-state index contributed by atoms with van der Waals surface area (Å²) in [5, 5.41) is 16.8. The molecule has 3 rings (SSSR count). The SMILES string of the molecule is CCOC(=O)c1c(O)c(-c2nccs2)nn(CC2CCC2)c1=O. The number of hydrogen-bond donors (Lipinski definition) is 1. The van der Waals surface area contributed by atoms with Crippen LogP contribution >= 0.6 is 11.3 Å². The first kappa shape index (κ1) is 15.7. The van der Waals surface area contributed by atoms with E-state index in [0.717, 1.165) is 19.3 Å². The highest BCUT2D eigenvalue weighted by atomic mass is 32.1. The predicted molar refractivity (Wildman–Crippen MR) is 84.6 cm³/mol. The van der Waals surface area contributed by atoms with E-state index in [9.17, 15) is 14.7 Å². The van der Waals surface area contributed by atoms with Crippen molar-refractivity contribution in [1.82, 2.24) is 14.8 Å². The number of nitrogens with zero attached hydrogens (tertiary/aromatic N) is 3. The first-order chi connectivity index (χ1) is 11.1. The second-order valence-corrected chi connectivity index (χ2v) is 6.31. The van der Waals surface area contributed by atoms with E-state index >= 15 is 0 Å². The fourth-order valence-corrected chi connectivity index (χ4v) is 3.10. The molecule has 0 saturated heterocycles. The van der Waals surface area contributed by atoms with Gasteiger partial charge in [0.2, 0.25) is 0 Å². The van der Waals surface area contributed by atoms with Crippen molar-refractivity contribution in [1.29, 1.82) is 0 Å². The molecule has 0 unspecified atom stereocenters. The molecule has 0 bridgehead atoms. The zero-order chi connectivity index (χ0) is 16.4. The van der Waals surface area contributed by atoms with E-state index in [1.807, 2.05) is 0 Å². The Morgan fingerprint density at radius 3 is 2.87 bits per heavy atom. The first-order valence-electron chi connectivity index (χ1n) is 7.52. The molecule has 0 amide bonds. The molecule has 7 nitrogen and oxygen atoms in total. The molecule has 0 radical (unpaired) electrons. The van der Waals surface area contributed by atoms with Crippen molar-refractivity contribution in [2.45, 2.75) is 32.7 Å². The summed E-state index contributed by atoms with van der Waals surface area (Å²) in [7, 11) is 0. The second kappa shape index (κ2) is 6.49. The normalized spacial score (nSPS) is 14.5. The van der Waals surface area contributed by atoms with Gasteiger partial charge in [0.05, 0.1) is 6.61 Å². The Hall–Kier alpha value is -2.22. The summed E-state index contributed by atoms with van der Waals surface area (Å²) in [5.74, 6) is -0.922. The van der Waals surface area contributed by atoms with Gasteiger partial charge in [0.25, 0.3) is 5.56 Å². The minimum atomic E-state index is -0.836. The monoisotopic (exact) mass is 335 g/mol. The van der Waals surface area contributed by atoms with E-state index in [-0.39, 0.29) is 17.9 Å². The van der Waals surface area contributed by atoms with Crippen molar-refractivity contribution in [3.05, 3.63) is 27.5 Å². The summed E-state index contributed by atoms with van der Waals surface area (Å²) in [6.45, 7) is 2.20. The Bertz CT molecular complexity index is 766. The molecule has 0 atom stereocenters. The molecule has 1 aliphatic rings. The minimum absolute atomic E-state index is 0.120. The van der Waals surface area contributed by atoms with Crippen LogP contribution in [0.25, 0.3) is 10.7 Å². The van der Waals surface area contributed by atoms with Crippen molar-refractivity contribution in [3.8, 4) is 16.5 Å². The molecule has 2 aromatic heterocycles. The molecule has 8 heteroatoms. The molecule has 23 heavy (non-hydrogen) atoms. The third-order valence-electron chi connectivity index (χ3n) is 3.90. The predicted octanol–water partition coefficient (Wildman–Crippen LogP) is 2.05. The maximum atomic E-state index is 12.5. The maximum Gasteiger partial charge on any atom is 0.347 e. The van der Waals surface area contributed by atoms with Gasteiger partial charge in [-0.15, -0.1) is 11.3 Å². The van der Waals surface area contributed by atoms with Crippen LogP contribution in [0.3, 0.4) is 0 Å². The fourth-order valence-electron chi connectivity index (χ4n) is 2.48.